The number of H-pyrrole nitrogens is 1. The van der Waals surface area contributed by atoms with Gasteiger partial charge in [-0.2, -0.15) is 0 Å². The largest absolute Gasteiger partial charge is 0.451 e. The summed E-state index contributed by atoms with van der Waals surface area (Å²) in [6.07, 6.45) is 12.8. The van der Waals surface area contributed by atoms with Gasteiger partial charge in [0.2, 0.25) is 0 Å². The predicted octanol–water partition coefficient (Wildman–Crippen LogP) is 4.99. The van der Waals surface area contributed by atoms with Gasteiger partial charge in [-0.25, -0.2) is 9.98 Å². The van der Waals surface area contributed by atoms with Gasteiger partial charge in [-0.15, -0.1) is 0 Å². The van der Waals surface area contributed by atoms with E-state index in [4.69, 9.17) is 16.3 Å². The number of allylic oxidation sites excluding steroid dienone is 4. The maximum absolute atomic E-state index is 5.78. The summed E-state index contributed by atoms with van der Waals surface area (Å²) in [5.41, 5.74) is 2.95. The number of hydrogen-bond acceptors (Lipinski definition) is 3. The smallest absolute Gasteiger partial charge is 0.193 e. The van der Waals surface area contributed by atoms with Gasteiger partial charge in [0.25, 0.3) is 0 Å². The number of nitrogens with one attached hydrogen (secondary N) is 1. The number of ether oxygens (including phenoxy) is 1. The number of rotatable bonds is 6. The molecule has 120 valence electrons. The molecule has 1 aromatic heterocycles. The number of aliphatic imine (C=N–C) groups is 1. The normalized spacial score (nSPS) is 14.3. The zero-order valence-electron chi connectivity index (χ0n) is 13.2. The molecule has 1 aromatic rings. The maximum atomic E-state index is 5.78. The summed E-state index contributed by atoms with van der Waals surface area (Å²) in [4.78, 5) is 12.3. The highest BCUT2D eigenvalue weighted by molar-refractivity contribution is 6.30. The first-order valence-corrected chi connectivity index (χ1v) is 7.70. The lowest BCUT2D eigenvalue weighted by molar-refractivity contribution is 0.459. The molecule has 0 unspecified atom stereocenters. The van der Waals surface area contributed by atoms with E-state index in [9.17, 15) is 0 Å². The van der Waals surface area contributed by atoms with Gasteiger partial charge in [-0.05, 0) is 31.6 Å². The fraction of sp³-hybridized carbons (Fsp3) is 0.222. The van der Waals surface area contributed by atoms with E-state index in [1.165, 1.54) is 6.26 Å². The predicted molar refractivity (Wildman–Crippen MR) is 97.1 cm³/mol. The number of imidazole rings is 1. The molecule has 0 spiro atoms. The first-order chi connectivity index (χ1) is 11.1. The Morgan fingerprint density at radius 2 is 2.26 bits per heavy atom. The summed E-state index contributed by atoms with van der Waals surface area (Å²) in [5, 5.41) is 0.480. The molecule has 4 nitrogen and oxygen atoms in total. The summed E-state index contributed by atoms with van der Waals surface area (Å²) in [6, 6.07) is 0. The van der Waals surface area contributed by atoms with Crippen LogP contribution in [0.2, 0.25) is 0 Å². The van der Waals surface area contributed by atoms with Crippen LogP contribution < -0.4 is 0 Å². The third-order valence-electron chi connectivity index (χ3n) is 3.10. The first kappa shape index (κ1) is 17.0. The van der Waals surface area contributed by atoms with E-state index in [1.807, 2.05) is 19.1 Å². The number of halogens is 1. The van der Waals surface area contributed by atoms with E-state index < -0.39 is 0 Å². The average Bonchev–Trinajstić information content (AvgIpc) is 2.74. The van der Waals surface area contributed by atoms with Crippen LogP contribution in [0.4, 0.5) is 0 Å². The van der Waals surface area contributed by atoms with Crippen LogP contribution in [-0.4, -0.2) is 15.9 Å². The van der Waals surface area contributed by atoms with Gasteiger partial charge >= 0.3 is 0 Å². The van der Waals surface area contributed by atoms with Crippen molar-refractivity contribution < 1.29 is 4.74 Å². The Labute approximate surface area is 141 Å². The molecule has 0 atom stereocenters. The summed E-state index contributed by atoms with van der Waals surface area (Å²) in [5.74, 6) is 1.35. The fourth-order valence-corrected chi connectivity index (χ4v) is 2.36. The van der Waals surface area contributed by atoms with E-state index >= 15 is 0 Å². The zero-order chi connectivity index (χ0) is 16.7. The molecule has 1 N–H and O–H groups in total. The highest BCUT2D eigenvalue weighted by Crippen LogP contribution is 2.16. The molecule has 23 heavy (non-hydrogen) atoms. The monoisotopic (exact) mass is 329 g/mol. The second-order valence-electron chi connectivity index (χ2n) is 5.13. The number of aromatic amines is 1. The molecule has 0 aliphatic heterocycles. The third-order valence-corrected chi connectivity index (χ3v) is 3.21. The van der Waals surface area contributed by atoms with Crippen LogP contribution in [0.5, 0.6) is 0 Å². The van der Waals surface area contributed by atoms with Crippen LogP contribution in [0.25, 0.3) is 12.2 Å². The van der Waals surface area contributed by atoms with Gasteiger partial charge in [-0.3, -0.25) is 0 Å². The van der Waals surface area contributed by atoms with Crippen molar-refractivity contribution in [2.24, 2.45) is 4.99 Å². The topological polar surface area (TPSA) is 50.3 Å². The number of aromatic nitrogens is 2. The first-order valence-electron chi connectivity index (χ1n) is 7.33. The maximum Gasteiger partial charge on any atom is 0.193 e. The zero-order valence-corrected chi connectivity index (χ0v) is 13.9. The van der Waals surface area contributed by atoms with Crippen molar-refractivity contribution in [2.75, 3.05) is 0 Å². The molecule has 5 heteroatoms. The van der Waals surface area contributed by atoms with E-state index in [1.54, 1.807) is 6.08 Å². The Balaban J connectivity index is 2.10. The van der Waals surface area contributed by atoms with Crippen LogP contribution in [0.3, 0.4) is 0 Å². The summed E-state index contributed by atoms with van der Waals surface area (Å²) >= 11 is 5.78. The Bertz CT molecular complexity index is 678. The molecule has 1 aliphatic rings. The molecule has 1 heterocycles. The lowest BCUT2D eigenvalue weighted by atomic mass is 10.2. The SMILES string of the molecule is C=COC(C/C(C)=C/C(=C)Cl)=NCc1nc2c([nH]1)C=CCC=C2. The van der Waals surface area contributed by atoms with Crippen molar-refractivity contribution in [1.29, 1.82) is 0 Å². The lowest BCUT2D eigenvalue weighted by Gasteiger charge is -2.05. The summed E-state index contributed by atoms with van der Waals surface area (Å²) in [7, 11) is 0. The van der Waals surface area contributed by atoms with Gasteiger partial charge in [0, 0.05) is 11.5 Å². The van der Waals surface area contributed by atoms with Crippen LogP contribution in [-0.2, 0) is 11.3 Å². The van der Waals surface area contributed by atoms with Gasteiger partial charge in [-0.1, -0.05) is 42.5 Å². The second-order valence-corrected chi connectivity index (χ2v) is 5.62. The van der Waals surface area contributed by atoms with Gasteiger partial charge < -0.3 is 9.72 Å². The fourth-order valence-electron chi connectivity index (χ4n) is 2.18. The van der Waals surface area contributed by atoms with Crippen LogP contribution in [0, 0.1) is 0 Å². The van der Waals surface area contributed by atoms with Crippen LogP contribution in [0.15, 0.2) is 53.2 Å². The minimum Gasteiger partial charge on any atom is -0.451 e. The Morgan fingerprint density at radius 3 is 3.00 bits per heavy atom. The quantitative estimate of drug-likeness (QED) is 0.346. The molecule has 0 radical (unpaired) electrons. The van der Waals surface area contributed by atoms with Crippen molar-refractivity contribution in [2.45, 2.75) is 26.3 Å². The Hall–Kier alpha value is -2.33. The Morgan fingerprint density at radius 1 is 1.48 bits per heavy atom. The molecule has 0 bridgehead atoms. The summed E-state index contributed by atoms with van der Waals surface area (Å²) < 4.78 is 5.37. The molecule has 2 rings (SSSR count). The molecule has 0 saturated carbocycles. The molecule has 1 aliphatic carbocycles. The van der Waals surface area contributed by atoms with Crippen molar-refractivity contribution in [3.63, 3.8) is 0 Å². The number of hydrogen-bond donors (Lipinski definition) is 1. The van der Waals surface area contributed by atoms with Gasteiger partial charge in [0.15, 0.2) is 5.90 Å². The average molecular weight is 330 g/mol. The highest BCUT2D eigenvalue weighted by Gasteiger charge is 2.08. The van der Waals surface area contributed by atoms with Crippen LogP contribution >= 0.6 is 11.6 Å². The van der Waals surface area contributed by atoms with Crippen LogP contribution in [0.1, 0.15) is 37.0 Å². The van der Waals surface area contributed by atoms with E-state index in [0.29, 0.717) is 23.9 Å². The molecular formula is C18H20ClN3O. The van der Waals surface area contributed by atoms with Gasteiger partial charge in [0.05, 0.1) is 17.6 Å². The molecule has 0 saturated heterocycles. The number of fused-ring (bicyclic) bond motifs is 1. The van der Waals surface area contributed by atoms with Crippen molar-refractivity contribution in [1.82, 2.24) is 9.97 Å². The van der Waals surface area contributed by atoms with E-state index in [2.05, 4.69) is 40.3 Å². The van der Waals surface area contributed by atoms with Crippen molar-refractivity contribution in [3.05, 3.63) is 65.5 Å². The minimum absolute atomic E-state index is 0.410. The molecule has 0 aromatic carbocycles. The minimum atomic E-state index is 0.410. The van der Waals surface area contributed by atoms with E-state index in [0.717, 1.165) is 29.2 Å². The molecule has 0 amide bonds. The highest BCUT2D eigenvalue weighted by atomic mass is 35.5. The standard InChI is InChI=1S/C18H20ClN3O/c1-4-23-18(11-13(2)10-14(3)19)20-12-17-21-15-8-6-5-7-9-16(15)22-17/h4,6-10H,1,3,5,11-12H2,2H3,(H,21,22)/b13-10+,20-18?. The van der Waals surface area contributed by atoms with E-state index in [-0.39, 0.29) is 0 Å². The second kappa shape index (κ2) is 8.34. The van der Waals surface area contributed by atoms with Gasteiger partial charge in [0.1, 0.15) is 12.4 Å². The van der Waals surface area contributed by atoms with Crippen molar-refractivity contribution in [3.8, 4) is 0 Å². The third kappa shape index (κ3) is 5.42. The Kier molecular flexibility index (Phi) is 6.18. The number of nitrogens with zero attached hydrogens (tertiary/aromatic N) is 2. The molecule has 0 fully saturated rings. The summed E-state index contributed by atoms with van der Waals surface area (Å²) in [6.45, 7) is 9.58. The molecular weight excluding hydrogens is 310 g/mol. The lowest BCUT2D eigenvalue weighted by Crippen LogP contribution is -2.03. The van der Waals surface area contributed by atoms with Crippen molar-refractivity contribution >= 4 is 29.7 Å².